The normalized spacial score (nSPS) is 19.0. The van der Waals surface area contributed by atoms with Gasteiger partial charge in [-0.15, -0.1) is 0 Å². The third-order valence-electron chi connectivity index (χ3n) is 5.00. The Morgan fingerprint density at radius 2 is 1.52 bits per heavy atom. The smallest absolute Gasteiger partial charge is 0.340 e. The molecule has 3 rings (SSSR count). The quantitative estimate of drug-likeness (QED) is 0.555. The van der Waals surface area contributed by atoms with E-state index in [0.29, 0.717) is 5.56 Å². The Hall–Kier alpha value is -2.77. The molecule has 0 aromatic heterocycles. The van der Waals surface area contributed by atoms with Gasteiger partial charge < -0.3 is 5.32 Å². The second-order valence-electron chi connectivity index (χ2n) is 7.62. The van der Waals surface area contributed by atoms with Crippen molar-refractivity contribution >= 4 is 11.7 Å². The number of amides is 1. The van der Waals surface area contributed by atoms with E-state index in [1.165, 1.54) is 38.1 Å². The van der Waals surface area contributed by atoms with Crippen molar-refractivity contribution in [3.05, 3.63) is 70.8 Å². The maximum absolute atomic E-state index is 13.8. The average molecular weight is 411 g/mol. The summed E-state index contributed by atoms with van der Waals surface area (Å²) in [4.78, 5) is 25.0. The molecule has 0 heterocycles. The van der Waals surface area contributed by atoms with Gasteiger partial charge >= 0.3 is 6.18 Å². The predicted molar refractivity (Wildman–Crippen MR) is 95.6 cm³/mol. The largest absolute Gasteiger partial charge is 0.392 e. The minimum absolute atomic E-state index is 0.0204. The van der Waals surface area contributed by atoms with Crippen LogP contribution in [0.4, 0.5) is 22.0 Å². The molecule has 1 unspecified atom stereocenters. The predicted octanol–water partition coefficient (Wildman–Crippen LogP) is 5.02. The Labute approximate surface area is 163 Å². The maximum Gasteiger partial charge on any atom is 0.392 e. The van der Waals surface area contributed by atoms with Crippen molar-refractivity contribution in [3.8, 4) is 0 Å². The van der Waals surface area contributed by atoms with Crippen LogP contribution in [-0.4, -0.2) is 23.4 Å². The van der Waals surface area contributed by atoms with Crippen LogP contribution >= 0.6 is 0 Å². The van der Waals surface area contributed by atoms with Gasteiger partial charge in [-0.2, -0.15) is 13.2 Å². The van der Waals surface area contributed by atoms with Crippen LogP contribution in [0.25, 0.3) is 0 Å². The van der Waals surface area contributed by atoms with Crippen molar-refractivity contribution in [1.82, 2.24) is 5.32 Å². The fourth-order valence-electron chi connectivity index (χ4n) is 3.29. The summed E-state index contributed by atoms with van der Waals surface area (Å²) < 4.78 is 65.7. The lowest BCUT2D eigenvalue weighted by atomic mass is 9.91. The molecule has 0 bridgehead atoms. The maximum atomic E-state index is 13.8. The molecule has 1 N–H and O–H groups in total. The molecule has 1 aliphatic carbocycles. The molecule has 154 valence electrons. The molecule has 2 aromatic carbocycles. The Balaban J connectivity index is 1.73. The molecule has 0 radical (unpaired) electrons. The monoisotopic (exact) mass is 411 g/mol. The van der Waals surface area contributed by atoms with Gasteiger partial charge in [-0.1, -0.05) is 30.3 Å². The molecular formula is C21H18F5NO2. The number of Topliss-reactive ketones (excluding diaryl/α,β-unsaturated/α-hetero) is 1. The number of carbonyl (C=O) groups excluding carboxylic acids is 2. The summed E-state index contributed by atoms with van der Waals surface area (Å²) >= 11 is 0. The van der Waals surface area contributed by atoms with Gasteiger partial charge in [-0.3, -0.25) is 9.59 Å². The van der Waals surface area contributed by atoms with Gasteiger partial charge in [0.25, 0.3) is 5.91 Å². The summed E-state index contributed by atoms with van der Waals surface area (Å²) in [5.74, 6) is -5.72. The number of carbonyl (C=O) groups is 2. The van der Waals surface area contributed by atoms with Crippen molar-refractivity contribution < 1.29 is 31.5 Å². The zero-order valence-corrected chi connectivity index (χ0v) is 15.6. The van der Waals surface area contributed by atoms with Crippen LogP contribution in [0.1, 0.15) is 52.5 Å². The minimum Gasteiger partial charge on any atom is -0.340 e. The Morgan fingerprint density at radius 3 is 2.00 bits per heavy atom. The lowest BCUT2D eigenvalue weighted by molar-refractivity contribution is -0.148. The van der Waals surface area contributed by atoms with E-state index in [0.717, 1.165) is 18.2 Å². The molecule has 0 spiro atoms. The first-order chi connectivity index (χ1) is 13.4. The first-order valence-corrected chi connectivity index (χ1v) is 8.90. The highest BCUT2D eigenvalue weighted by Crippen LogP contribution is 2.56. The zero-order chi connectivity index (χ0) is 21.6. The van der Waals surface area contributed by atoms with Gasteiger partial charge in [0, 0.05) is 5.56 Å². The van der Waals surface area contributed by atoms with Gasteiger partial charge in [0.1, 0.15) is 17.2 Å². The van der Waals surface area contributed by atoms with Crippen LogP contribution in [0.2, 0.25) is 0 Å². The molecule has 2 atom stereocenters. The highest BCUT2D eigenvalue weighted by molar-refractivity contribution is 6.06. The van der Waals surface area contributed by atoms with Crippen LogP contribution in [0.3, 0.4) is 0 Å². The molecular weight excluding hydrogens is 393 g/mol. The third-order valence-corrected chi connectivity index (χ3v) is 5.00. The number of rotatable bonds is 5. The highest BCUT2D eigenvalue weighted by atomic mass is 19.4. The van der Waals surface area contributed by atoms with Crippen LogP contribution < -0.4 is 5.32 Å². The Bertz CT molecular complexity index is 930. The Morgan fingerprint density at radius 1 is 0.966 bits per heavy atom. The summed E-state index contributed by atoms with van der Waals surface area (Å²) in [6.45, 7) is 2.75. The Kier molecular flexibility index (Phi) is 5.23. The minimum atomic E-state index is -4.24. The van der Waals surface area contributed by atoms with Crippen molar-refractivity contribution in [2.24, 2.45) is 5.92 Å². The number of halogens is 5. The number of nitrogens with one attached hydrogen (secondary N) is 1. The first kappa shape index (κ1) is 21.0. The van der Waals surface area contributed by atoms with Gasteiger partial charge in [0.05, 0.1) is 11.5 Å². The fourth-order valence-corrected chi connectivity index (χ4v) is 3.29. The van der Waals surface area contributed by atoms with Gasteiger partial charge in [-0.05, 0) is 43.9 Å². The van der Waals surface area contributed by atoms with E-state index in [-0.39, 0.29) is 12.0 Å². The van der Waals surface area contributed by atoms with E-state index in [1.807, 2.05) is 0 Å². The van der Waals surface area contributed by atoms with Crippen molar-refractivity contribution in [2.75, 3.05) is 0 Å². The molecule has 1 amide bonds. The summed E-state index contributed by atoms with van der Waals surface area (Å²) in [5, 5.41) is 2.31. The van der Waals surface area contributed by atoms with Gasteiger partial charge in [0.2, 0.25) is 0 Å². The number of ketones is 1. The second-order valence-corrected chi connectivity index (χ2v) is 7.62. The fraction of sp³-hybridized carbons (Fsp3) is 0.333. The summed E-state index contributed by atoms with van der Waals surface area (Å²) in [6.07, 6.45) is -4.22. The van der Waals surface area contributed by atoms with E-state index in [9.17, 15) is 31.5 Å². The lowest BCUT2D eigenvalue weighted by Crippen LogP contribution is -2.50. The van der Waals surface area contributed by atoms with E-state index >= 15 is 0 Å². The number of hydrogen-bond donors (Lipinski definition) is 1. The number of hydrogen-bond acceptors (Lipinski definition) is 2. The first-order valence-electron chi connectivity index (χ1n) is 8.90. The van der Waals surface area contributed by atoms with E-state index in [4.69, 9.17) is 0 Å². The topological polar surface area (TPSA) is 46.2 Å². The average Bonchev–Trinajstić information content (AvgIpc) is 3.42. The van der Waals surface area contributed by atoms with Crippen LogP contribution in [0.5, 0.6) is 0 Å². The lowest BCUT2D eigenvalue weighted by Gasteiger charge is -2.25. The molecule has 0 saturated heterocycles. The highest BCUT2D eigenvalue weighted by Gasteiger charge is 2.56. The van der Waals surface area contributed by atoms with Crippen molar-refractivity contribution in [3.63, 3.8) is 0 Å². The molecule has 8 heteroatoms. The summed E-state index contributed by atoms with van der Waals surface area (Å²) in [6, 6.07) is 8.66. The number of alkyl halides is 3. The van der Waals surface area contributed by atoms with Crippen molar-refractivity contribution in [2.45, 2.75) is 37.9 Å². The third kappa shape index (κ3) is 4.31. The SMILES string of the molecule is CC(C)(NC(=O)c1c(F)cccc1F)C(=O)c1ccc([C@H]2CC2C(F)(F)F)cc1. The summed E-state index contributed by atoms with van der Waals surface area (Å²) in [7, 11) is 0. The zero-order valence-electron chi connectivity index (χ0n) is 15.6. The van der Waals surface area contributed by atoms with E-state index in [2.05, 4.69) is 5.32 Å². The second kappa shape index (κ2) is 7.24. The number of benzene rings is 2. The molecule has 0 aliphatic heterocycles. The molecule has 1 aliphatic rings. The van der Waals surface area contributed by atoms with Crippen molar-refractivity contribution in [1.29, 1.82) is 0 Å². The molecule has 29 heavy (non-hydrogen) atoms. The molecule has 1 saturated carbocycles. The van der Waals surface area contributed by atoms with Gasteiger partial charge in [0.15, 0.2) is 5.78 Å². The summed E-state index contributed by atoms with van der Waals surface area (Å²) in [5.41, 5.74) is -1.64. The van der Waals surface area contributed by atoms with Crippen LogP contribution in [0.15, 0.2) is 42.5 Å². The van der Waals surface area contributed by atoms with Crippen LogP contribution in [0, 0.1) is 17.6 Å². The van der Waals surface area contributed by atoms with Gasteiger partial charge in [-0.25, -0.2) is 8.78 Å². The van der Waals surface area contributed by atoms with Crippen LogP contribution in [-0.2, 0) is 0 Å². The molecule has 2 aromatic rings. The van der Waals surface area contributed by atoms with E-state index in [1.54, 1.807) is 0 Å². The molecule has 1 fully saturated rings. The standard InChI is InChI=1S/C21H18F5NO2/c1-20(2,27-19(29)17-15(22)4-3-5-16(17)23)18(28)12-8-6-11(7-9-12)13-10-14(13)21(24,25)26/h3-9,13-14H,10H2,1-2H3,(H,27,29)/t13-,14?/m1/s1. The van der Waals surface area contributed by atoms with E-state index < -0.39 is 52.4 Å². The molecule has 3 nitrogen and oxygen atoms in total.